The van der Waals surface area contributed by atoms with E-state index in [4.69, 9.17) is 9.47 Å². The van der Waals surface area contributed by atoms with Gasteiger partial charge in [0.15, 0.2) is 0 Å². The minimum absolute atomic E-state index is 0.00291. The van der Waals surface area contributed by atoms with Gasteiger partial charge in [0, 0.05) is 25.7 Å². The standard InChI is InChI=1S/C17H32N2O5S/c1-13(2)25(21,22)19-9-7-17(8-10-19)12-14(6-11-23-17)18-15(20)24-16(3,4)5/h13-14H,6-12H2,1-5H3,(H,18,20). The number of hydrogen-bond acceptors (Lipinski definition) is 5. The van der Waals surface area contributed by atoms with Gasteiger partial charge in [0.1, 0.15) is 5.60 Å². The summed E-state index contributed by atoms with van der Waals surface area (Å²) in [6.45, 7) is 10.4. The Morgan fingerprint density at radius 3 is 2.40 bits per heavy atom. The molecule has 8 heteroatoms. The zero-order valence-electron chi connectivity index (χ0n) is 16.0. The van der Waals surface area contributed by atoms with Gasteiger partial charge in [-0.1, -0.05) is 0 Å². The van der Waals surface area contributed by atoms with Crippen molar-refractivity contribution in [2.45, 2.75) is 82.8 Å². The molecule has 0 aromatic carbocycles. The molecule has 0 bridgehead atoms. The Labute approximate surface area is 151 Å². The molecule has 1 amide bonds. The molecule has 2 heterocycles. The molecule has 1 spiro atoms. The maximum Gasteiger partial charge on any atom is 0.407 e. The van der Waals surface area contributed by atoms with E-state index in [1.54, 1.807) is 18.2 Å². The van der Waals surface area contributed by atoms with Gasteiger partial charge in [0.05, 0.1) is 10.9 Å². The predicted molar refractivity (Wildman–Crippen MR) is 95.9 cm³/mol. The average Bonchev–Trinajstić information content (AvgIpc) is 2.45. The second-order valence-electron chi connectivity index (χ2n) is 8.36. The van der Waals surface area contributed by atoms with E-state index in [1.165, 1.54) is 0 Å². The zero-order valence-corrected chi connectivity index (χ0v) is 16.8. The fraction of sp³-hybridized carbons (Fsp3) is 0.941. The normalized spacial score (nSPS) is 25.1. The Morgan fingerprint density at radius 1 is 1.28 bits per heavy atom. The molecule has 2 rings (SSSR count). The van der Waals surface area contributed by atoms with Gasteiger partial charge in [-0.3, -0.25) is 0 Å². The van der Waals surface area contributed by atoms with Gasteiger partial charge in [0.2, 0.25) is 10.0 Å². The molecular weight excluding hydrogens is 344 g/mol. The summed E-state index contributed by atoms with van der Waals surface area (Å²) in [6.07, 6.45) is 2.35. The van der Waals surface area contributed by atoms with Crippen LogP contribution in [0.4, 0.5) is 4.79 Å². The molecule has 2 fully saturated rings. The number of nitrogens with zero attached hydrogens (tertiary/aromatic N) is 1. The SMILES string of the molecule is CC(C)S(=O)(=O)N1CCC2(CC1)CC(NC(=O)OC(C)(C)C)CCO2. The number of carbonyl (C=O) groups is 1. The molecule has 1 unspecified atom stereocenters. The highest BCUT2D eigenvalue weighted by atomic mass is 32.2. The van der Waals surface area contributed by atoms with Gasteiger partial charge in [-0.05, 0) is 60.3 Å². The second-order valence-corrected chi connectivity index (χ2v) is 10.8. The van der Waals surface area contributed by atoms with E-state index in [1.807, 2.05) is 20.8 Å². The van der Waals surface area contributed by atoms with Crippen LogP contribution in [0.25, 0.3) is 0 Å². The van der Waals surface area contributed by atoms with Crippen LogP contribution in [0.15, 0.2) is 0 Å². The molecule has 0 aromatic heterocycles. The molecule has 0 saturated carbocycles. The van der Waals surface area contributed by atoms with Crippen molar-refractivity contribution in [1.29, 1.82) is 0 Å². The van der Waals surface area contributed by atoms with E-state index in [-0.39, 0.29) is 11.6 Å². The van der Waals surface area contributed by atoms with Crippen LogP contribution in [0.1, 0.15) is 60.3 Å². The van der Waals surface area contributed by atoms with Gasteiger partial charge in [-0.25, -0.2) is 17.5 Å². The van der Waals surface area contributed by atoms with Crippen LogP contribution < -0.4 is 5.32 Å². The fourth-order valence-electron chi connectivity index (χ4n) is 3.42. The van der Waals surface area contributed by atoms with Gasteiger partial charge < -0.3 is 14.8 Å². The molecule has 25 heavy (non-hydrogen) atoms. The third-order valence-electron chi connectivity index (χ3n) is 4.80. The van der Waals surface area contributed by atoms with Crippen LogP contribution in [-0.2, 0) is 19.5 Å². The first-order valence-corrected chi connectivity index (χ1v) is 10.6. The lowest BCUT2D eigenvalue weighted by atomic mass is 9.83. The minimum atomic E-state index is -3.22. The molecule has 7 nitrogen and oxygen atoms in total. The molecule has 2 saturated heterocycles. The summed E-state index contributed by atoms with van der Waals surface area (Å²) in [5.41, 5.74) is -0.871. The van der Waals surface area contributed by atoms with Crippen molar-refractivity contribution in [3.05, 3.63) is 0 Å². The molecular formula is C17H32N2O5S. The zero-order chi connectivity index (χ0) is 18.9. The molecule has 0 aliphatic carbocycles. The quantitative estimate of drug-likeness (QED) is 0.817. The monoisotopic (exact) mass is 376 g/mol. The second kappa shape index (κ2) is 7.40. The summed E-state index contributed by atoms with van der Waals surface area (Å²) >= 11 is 0. The molecule has 0 aromatic rings. The van der Waals surface area contributed by atoms with E-state index in [9.17, 15) is 13.2 Å². The topological polar surface area (TPSA) is 84.9 Å². The molecule has 1 N–H and O–H groups in total. The summed E-state index contributed by atoms with van der Waals surface area (Å²) in [5.74, 6) is 0. The Balaban J connectivity index is 1.92. The smallest absolute Gasteiger partial charge is 0.407 e. The van der Waals surface area contributed by atoms with Crippen LogP contribution in [0.5, 0.6) is 0 Å². The summed E-state index contributed by atoms with van der Waals surface area (Å²) in [4.78, 5) is 12.0. The number of amides is 1. The highest BCUT2D eigenvalue weighted by Crippen LogP contribution is 2.36. The lowest BCUT2D eigenvalue weighted by Gasteiger charge is -2.46. The van der Waals surface area contributed by atoms with Crippen LogP contribution in [0, 0.1) is 0 Å². The summed E-state index contributed by atoms with van der Waals surface area (Å²) in [7, 11) is -3.22. The summed E-state index contributed by atoms with van der Waals surface area (Å²) in [6, 6.07) is -0.00291. The van der Waals surface area contributed by atoms with Crippen LogP contribution in [0.2, 0.25) is 0 Å². The van der Waals surface area contributed by atoms with Crippen molar-refractivity contribution in [2.24, 2.45) is 0 Å². The number of sulfonamides is 1. The summed E-state index contributed by atoms with van der Waals surface area (Å²) < 4.78 is 37.5. The highest BCUT2D eigenvalue weighted by molar-refractivity contribution is 7.89. The average molecular weight is 377 g/mol. The van der Waals surface area contributed by atoms with Gasteiger partial charge in [-0.2, -0.15) is 0 Å². The van der Waals surface area contributed by atoms with E-state index in [0.717, 1.165) is 6.42 Å². The fourth-order valence-corrected chi connectivity index (χ4v) is 4.71. The number of piperidine rings is 1. The molecule has 0 radical (unpaired) electrons. The van der Waals surface area contributed by atoms with Crippen molar-refractivity contribution in [3.8, 4) is 0 Å². The number of rotatable bonds is 3. The van der Waals surface area contributed by atoms with Gasteiger partial charge >= 0.3 is 6.09 Å². The maximum atomic E-state index is 12.3. The molecule has 2 aliphatic heterocycles. The van der Waals surface area contributed by atoms with Gasteiger partial charge in [-0.15, -0.1) is 0 Å². The highest BCUT2D eigenvalue weighted by Gasteiger charge is 2.43. The van der Waals surface area contributed by atoms with Crippen molar-refractivity contribution >= 4 is 16.1 Å². The van der Waals surface area contributed by atoms with Crippen molar-refractivity contribution in [2.75, 3.05) is 19.7 Å². The van der Waals surface area contributed by atoms with E-state index < -0.39 is 27.0 Å². The van der Waals surface area contributed by atoms with Crippen molar-refractivity contribution in [3.63, 3.8) is 0 Å². The number of hydrogen-bond donors (Lipinski definition) is 1. The van der Waals surface area contributed by atoms with Crippen molar-refractivity contribution < 1.29 is 22.7 Å². The first-order chi connectivity index (χ1) is 11.4. The Kier molecular flexibility index (Phi) is 6.06. The van der Waals surface area contributed by atoms with Crippen molar-refractivity contribution in [1.82, 2.24) is 9.62 Å². The lowest BCUT2D eigenvalue weighted by molar-refractivity contribution is -0.112. The van der Waals surface area contributed by atoms with Crippen LogP contribution >= 0.6 is 0 Å². The number of alkyl carbamates (subject to hydrolysis) is 1. The minimum Gasteiger partial charge on any atom is -0.444 e. The summed E-state index contributed by atoms with van der Waals surface area (Å²) in [5, 5.41) is 2.53. The first kappa shape index (κ1) is 20.5. The van der Waals surface area contributed by atoms with Crippen LogP contribution in [0.3, 0.4) is 0 Å². The molecule has 2 aliphatic rings. The Morgan fingerprint density at radius 2 is 1.88 bits per heavy atom. The van der Waals surface area contributed by atoms with E-state index >= 15 is 0 Å². The van der Waals surface area contributed by atoms with Gasteiger partial charge in [0.25, 0.3) is 0 Å². The third-order valence-corrected chi connectivity index (χ3v) is 7.08. The van der Waals surface area contributed by atoms with Crippen LogP contribution in [-0.4, -0.2) is 61.0 Å². The number of carbonyl (C=O) groups excluding carboxylic acids is 1. The Bertz CT molecular complexity index is 574. The Hall–Kier alpha value is -0.860. The largest absolute Gasteiger partial charge is 0.444 e. The number of nitrogens with one attached hydrogen (secondary N) is 1. The molecule has 1 atom stereocenters. The first-order valence-electron chi connectivity index (χ1n) is 9.06. The van der Waals surface area contributed by atoms with E-state index in [2.05, 4.69) is 5.32 Å². The predicted octanol–water partition coefficient (Wildman–Crippen LogP) is 2.26. The lowest BCUT2D eigenvalue weighted by Crippen LogP contribution is -2.55. The number of ether oxygens (including phenoxy) is 2. The molecule has 146 valence electrons. The van der Waals surface area contributed by atoms with E-state index in [0.29, 0.717) is 39.0 Å². The maximum absolute atomic E-state index is 12.3. The third kappa shape index (κ3) is 5.31.